The van der Waals surface area contributed by atoms with Gasteiger partial charge in [0.1, 0.15) is 0 Å². The van der Waals surface area contributed by atoms with E-state index in [0.717, 1.165) is 49.3 Å². The van der Waals surface area contributed by atoms with Gasteiger partial charge >= 0.3 is 0 Å². The number of fused-ring (bicyclic) bond motifs is 1. The first-order valence-corrected chi connectivity index (χ1v) is 8.52. The van der Waals surface area contributed by atoms with E-state index in [2.05, 4.69) is 26.4 Å². The van der Waals surface area contributed by atoms with Crippen LogP contribution in [0.3, 0.4) is 0 Å². The Bertz CT molecular complexity index is 722. The maximum atomic E-state index is 5.85. The molecule has 2 fully saturated rings. The second-order valence-electron chi connectivity index (χ2n) is 6.34. The molecular formula is C18H19ClN4O. The third kappa shape index (κ3) is 3.37. The predicted molar refractivity (Wildman–Crippen MR) is 96.0 cm³/mol. The second-order valence-corrected chi connectivity index (χ2v) is 6.78. The number of anilines is 1. The number of pyridine rings is 1. The van der Waals surface area contributed by atoms with Gasteiger partial charge in [-0.3, -0.25) is 4.98 Å². The summed E-state index contributed by atoms with van der Waals surface area (Å²) in [6.45, 7) is 4.46. The lowest BCUT2D eigenvalue weighted by atomic mass is 10.0. The highest BCUT2D eigenvalue weighted by Crippen LogP contribution is 2.30. The highest BCUT2D eigenvalue weighted by atomic mass is 35.5. The van der Waals surface area contributed by atoms with E-state index >= 15 is 0 Å². The molecule has 2 aliphatic rings. The standard InChI is InChI=1S/C18H19ClN4O/c19-16-1-3-18(4-2-16)24-22-7-13-5-17(10-20-6-13)23-11-14-8-21-9-15(14)12-23/h1-7,10,14-15,21H,8-9,11-12H2/b22-7+/t14-,15+. The van der Waals surface area contributed by atoms with E-state index in [1.165, 1.54) is 0 Å². The van der Waals surface area contributed by atoms with Gasteiger partial charge in [0.15, 0.2) is 5.75 Å². The molecule has 0 bridgehead atoms. The number of nitrogens with one attached hydrogen (secondary N) is 1. The normalized spacial score (nSPS) is 23.0. The van der Waals surface area contributed by atoms with Crippen LogP contribution in [0.4, 0.5) is 5.69 Å². The molecule has 5 nitrogen and oxygen atoms in total. The van der Waals surface area contributed by atoms with Gasteiger partial charge in [-0.25, -0.2) is 0 Å². The van der Waals surface area contributed by atoms with Crippen LogP contribution in [0.25, 0.3) is 0 Å². The molecule has 0 radical (unpaired) electrons. The van der Waals surface area contributed by atoms with Crippen LogP contribution in [0.5, 0.6) is 5.75 Å². The van der Waals surface area contributed by atoms with Crippen LogP contribution in [0.2, 0.25) is 5.02 Å². The molecule has 1 N–H and O–H groups in total. The fourth-order valence-corrected chi connectivity index (χ4v) is 3.52. The molecule has 0 saturated carbocycles. The Morgan fingerprint density at radius 3 is 2.67 bits per heavy atom. The molecule has 2 atom stereocenters. The zero-order valence-corrected chi connectivity index (χ0v) is 14.0. The van der Waals surface area contributed by atoms with Crippen molar-refractivity contribution in [3.63, 3.8) is 0 Å². The highest BCUT2D eigenvalue weighted by Gasteiger charge is 2.36. The average molecular weight is 343 g/mol. The van der Waals surface area contributed by atoms with Gasteiger partial charge < -0.3 is 15.1 Å². The lowest BCUT2D eigenvalue weighted by Crippen LogP contribution is -2.25. The topological polar surface area (TPSA) is 49.8 Å². The fourth-order valence-electron chi connectivity index (χ4n) is 3.40. The largest absolute Gasteiger partial charge is 0.370 e. The Labute approximate surface area is 146 Å². The molecule has 0 spiro atoms. The summed E-state index contributed by atoms with van der Waals surface area (Å²) in [6, 6.07) is 9.22. The predicted octanol–water partition coefficient (Wildman–Crippen LogP) is 2.80. The van der Waals surface area contributed by atoms with E-state index in [-0.39, 0.29) is 0 Å². The van der Waals surface area contributed by atoms with Gasteiger partial charge in [0, 0.05) is 43.0 Å². The Morgan fingerprint density at radius 2 is 1.92 bits per heavy atom. The summed E-state index contributed by atoms with van der Waals surface area (Å²) in [6.07, 6.45) is 5.39. The minimum atomic E-state index is 0.652. The summed E-state index contributed by atoms with van der Waals surface area (Å²) >= 11 is 5.85. The first kappa shape index (κ1) is 15.4. The Hall–Kier alpha value is -2.11. The van der Waals surface area contributed by atoms with Crippen LogP contribution in [-0.2, 0) is 0 Å². The lowest BCUT2D eigenvalue weighted by Gasteiger charge is -2.19. The number of oxime groups is 1. The van der Waals surface area contributed by atoms with Crippen molar-refractivity contribution in [3.8, 4) is 5.75 Å². The summed E-state index contributed by atoms with van der Waals surface area (Å²) in [5, 5.41) is 8.17. The van der Waals surface area contributed by atoms with Crippen LogP contribution in [0.1, 0.15) is 5.56 Å². The van der Waals surface area contributed by atoms with Crippen molar-refractivity contribution in [1.82, 2.24) is 10.3 Å². The molecule has 6 heteroatoms. The Balaban J connectivity index is 1.41. The van der Waals surface area contributed by atoms with Crippen LogP contribution in [-0.4, -0.2) is 37.4 Å². The first-order valence-electron chi connectivity index (χ1n) is 8.14. The number of aromatic nitrogens is 1. The van der Waals surface area contributed by atoms with E-state index in [1.54, 1.807) is 36.7 Å². The molecule has 1 aromatic carbocycles. The van der Waals surface area contributed by atoms with Crippen molar-refractivity contribution >= 4 is 23.5 Å². The quantitative estimate of drug-likeness (QED) is 0.685. The lowest BCUT2D eigenvalue weighted by molar-refractivity contribution is 0.344. The number of hydrogen-bond donors (Lipinski definition) is 1. The van der Waals surface area contributed by atoms with Gasteiger partial charge in [0.05, 0.1) is 18.1 Å². The Morgan fingerprint density at radius 1 is 1.17 bits per heavy atom. The molecular weight excluding hydrogens is 324 g/mol. The van der Waals surface area contributed by atoms with Crippen molar-refractivity contribution in [2.75, 3.05) is 31.1 Å². The summed E-state index contributed by atoms with van der Waals surface area (Å²) in [5.74, 6) is 2.17. The summed E-state index contributed by atoms with van der Waals surface area (Å²) < 4.78 is 0. The van der Waals surface area contributed by atoms with Gasteiger partial charge in [0.25, 0.3) is 0 Å². The van der Waals surface area contributed by atoms with Crippen LogP contribution in [0.15, 0.2) is 47.9 Å². The van der Waals surface area contributed by atoms with Crippen molar-refractivity contribution in [3.05, 3.63) is 53.3 Å². The van der Waals surface area contributed by atoms with Crippen molar-refractivity contribution in [2.24, 2.45) is 17.0 Å². The molecule has 0 unspecified atom stereocenters. The molecule has 3 heterocycles. The summed E-state index contributed by atoms with van der Waals surface area (Å²) in [4.78, 5) is 12.1. The second kappa shape index (κ2) is 6.79. The van der Waals surface area contributed by atoms with Gasteiger partial charge in [-0.05, 0) is 42.2 Å². The molecule has 4 rings (SSSR count). The molecule has 1 aromatic heterocycles. The Kier molecular flexibility index (Phi) is 4.36. The maximum absolute atomic E-state index is 5.85. The zero-order chi connectivity index (χ0) is 16.4. The van der Waals surface area contributed by atoms with E-state index in [4.69, 9.17) is 16.4 Å². The summed E-state index contributed by atoms with van der Waals surface area (Å²) in [5.41, 5.74) is 2.08. The average Bonchev–Trinajstić information content (AvgIpc) is 3.19. The van der Waals surface area contributed by atoms with Crippen LogP contribution < -0.4 is 15.1 Å². The molecule has 24 heavy (non-hydrogen) atoms. The van der Waals surface area contributed by atoms with Crippen molar-refractivity contribution in [2.45, 2.75) is 0 Å². The van der Waals surface area contributed by atoms with Gasteiger partial charge in [-0.1, -0.05) is 16.8 Å². The number of hydrogen-bond acceptors (Lipinski definition) is 5. The van der Waals surface area contributed by atoms with E-state index in [1.807, 2.05) is 6.20 Å². The number of halogens is 1. The molecule has 0 amide bonds. The molecule has 2 saturated heterocycles. The molecule has 0 aliphatic carbocycles. The van der Waals surface area contributed by atoms with Gasteiger partial charge in [-0.2, -0.15) is 0 Å². The van der Waals surface area contributed by atoms with Crippen molar-refractivity contribution < 1.29 is 4.84 Å². The molecule has 2 aromatic rings. The smallest absolute Gasteiger partial charge is 0.158 e. The molecule has 2 aliphatic heterocycles. The maximum Gasteiger partial charge on any atom is 0.158 e. The monoisotopic (exact) mass is 342 g/mol. The minimum absolute atomic E-state index is 0.652. The summed E-state index contributed by atoms with van der Waals surface area (Å²) in [7, 11) is 0. The molecule has 124 valence electrons. The minimum Gasteiger partial charge on any atom is -0.370 e. The fraction of sp³-hybridized carbons (Fsp3) is 0.333. The number of nitrogens with zero attached hydrogens (tertiary/aromatic N) is 3. The van der Waals surface area contributed by atoms with Crippen LogP contribution in [0, 0.1) is 11.8 Å². The third-order valence-electron chi connectivity index (χ3n) is 4.67. The SMILES string of the molecule is Clc1ccc(O/N=C/c2cncc(N3C[C@H]4CNC[C@H]4C3)c2)cc1. The van der Waals surface area contributed by atoms with E-state index in [0.29, 0.717) is 10.8 Å². The van der Waals surface area contributed by atoms with Gasteiger partial charge in [0.2, 0.25) is 0 Å². The number of benzene rings is 1. The van der Waals surface area contributed by atoms with E-state index in [9.17, 15) is 0 Å². The highest BCUT2D eigenvalue weighted by molar-refractivity contribution is 6.30. The zero-order valence-electron chi connectivity index (χ0n) is 13.2. The number of rotatable bonds is 4. The third-order valence-corrected chi connectivity index (χ3v) is 4.93. The van der Waals surface area contributed by atoms with Crippen LogP contribution >= 0.6 is 11.6 Å². The van der Waals surface area contributed by atoms with E-state index < -0.39 is 0 Å². The van der Waals surface area contributed by atoms with Gasteiger partial charge in [-0.15, -0.1) is 0 Å². The first-order chi connectivity index (χ1) is 11.8. The van der Waals surface area contributed by atoms with Crippen molar-refractivity contribution in [1.29, 1.82) is 0 Å².